The molecule has 2 aromatic rings. The van der Waals surface area contributed by atoms with Crippen molar-refractivity contribution in [2.75, 3.05) is 24.1 Å². The summed E-state index contributed by atoms with van der Waals surface area (Å²) in [5.41, 5.74) is 0.891. The molecule has 0 aliphatic carbocycles. The molecule has 0 bridgehead atoms. The third-order valence-electron chi connectivity index (χ3n) is 4.80. The van der Waals surface area contributed by atoms with Crippen LogP contribution < -0.4 is 13.8 Å². The number of hydrogen-bond acceptors (Lipinski definition) is 5. The monoisotopic (exact) mass is 389 g/mol. The van der Waals surface area contributed by atoms with Crippen LogP contribution in [-0.2, 0) is 14.8 Å². The smallest absolute Gasteiger partial charge is 0.311 e. The lowest BCUT2D eigenvalue weighted by Crippen LogP contribution is -2.38. The lowest BCUT2D eigenvalue weighted by atomic mass is 9.91. The van der Waals surface area contributed by atoms with Crippen molar-refractivity contribution in [1.29, 1.82) is 0 Å². The Bertz CT molecular complexity index is 987. The van der Waals surface area contributed by atoms with Gasteiger partial charge in [-0.25, -0.2) is 8.42 Å². The SMILES string of the molecule is O=C(O)C1CCN(S(=O)(=O)c2cccc3c2OCCCO3)c2ccccc21. The fourth-order valence-electron chi connectivity index (χ4n) is 3.53. The molecule has 8 heteroatoms. The number of carboxylic acids is 1. The van der Waals surface area contributed by atoms with E-state index >= 15 is 0 Å². The van der Waals surface area contributed by atoms with Crippen molar-refractivity contribution < 1.29 is 27.8 Å². The van der Waals surface area contributed by atoms with Gasteiger partial charge in [-0.1, -0.05) is 24.3 Å². The van der Waals surface area contributed by atoms with Gasteiger partial charge in [-0.3, -0.25) is 9.10 Å². The molecule has 4 rings (SSSR count). The van der Waals surface area contributed by atoms with E-state index in [0.29, 0.717) is 36.6 Å². The number of aliphatic carboxylic acids is 1. The van der Waals surface area contributed by atoms with E-state index in [1.807, 2.05) is 0 Å². The highest BCUT2D eigenvalue weighted by Crippen LogP contribution is 2.42. The number of ether oxygens (including phenoxy) is 2. The number of carboxylic acid groups (broad SMARTS) is 1. The van der Waals surface area contributed by atoms with Gasteiger partial charge in [0.15, 0.2) is 11.5 Å². The van der Waals surface area contributed by atoms with Crippen LogP contribution in [0.25, 0.3) is 0 Å². The van der Waals surface area contributed by atoms with Crippen molar-refractivity contribution in [3.05, 3.63) is 48.0 Å². The molecule has 0 radical (unpaired) electrons. The Kier molecular flexibility index (Phi) is 4.43. The molecule has 0 fully saturated rings. The fraction of sp³-hybridized carbons (Fsp3) is 0.316. The van der Waals surface area contributed by atoms with E-state index in [-0.39, 0.29) is 23.6 Å². The largest absolute Gasteiger partial charge is 0.490 e. The first-order chi connectivity index (χ1) is 13.0. The molecular weight excluding hydrogens is 370 g/mol. The molecule has 1 N–H and O–H groups in total. The van der Waals surface area contributed by atoms with Gasteiger partial charge in [0.25, 0.3) is 10.0 Å². The Morgan fingerprint density at radius 2 is 1.85 bits per heavy atom. The van der Waals surface area contributed by atoms with Gasteiger partial charge in [0.05, 0.1) is 24.8 Å². The van der Waals surface area contributed by atoms with E-state index in [4.69, 9.17) is 9.47 Å². The Labute approximate surface area is 157 Å². The molecule has 2 aliphatic rings. The van der Waals surface area contributed by atoms with Crippen LogP contribution in [-0.4, -0.2) is 39.3 Å². The second-order valence-electron chi connectivity index (χ2n) is 6.45. The van der Waals surface area contributed by atoms with Gasteiger partial charge in [0.2, 0.25) is 0 Å². The maximum atomic E-state index is 13.5. The van der Waals surface area contributed by atoms with E-state index in [9.17, 15) is 18.3 Å². The van der Waals surface area contributed by atoms with E-state index in [1.165, 1.54) is 10.4 Å². The Morgan fingerprint density at radius 3 is 2.67 bits per heavy atom. The predicted octanol–water partition coefficient (Wildman–Crippen LogP) is 2.62. The summed E-state index contributed by atoms with van der Waals surface area (Å²) in [5, 5.41) is 9.48. The van der Waals surface area contributed by atoms with Crippen LogP contribution in [0.5, 0.6) is 11.5 Å². The highest BCUT2D eigenvalue weighted by molar-refractivity contribution is 7.93. The normalized spacial score (nSPS) is 19.1. The van der Waals surface area contributed by atoms with Gasteiger partial charge in [-0.15, -0.1) is 0 Å². The number of benzene rings is 2. The minimum Gasteiger partial charge on any atom is -0.490 e. The summed E-state index contributed by atoms with van der Waals surface area (Å²) in [6.45, 7) is 0.918. The number of para-hydroxylation sites is 2. The first-order valence-corrected chi connectivity index (χ1v) is 10.2. The van der Waals surface area contributed by atoms with E-state index in [0.717, 1.165) is 0 Å². The third-order valence-corrected chi connectivity index (χ3v) is 6.64. The number of fused-ring (bicyclic) bond motifs is 2. The van der Waals surface area contributed by atoms with Crippen LogP contribution in [0.15, 0.2) is 47.4 Å². The van der Waals surface area contributed by atoms with Crippen LogP contribution in [0.1, 0.15) is 24.3 Å². The van der Waals surface area contributed by atoms with Crippen molar-refractivity contribution >= 4 is 21.7 Å². The van der Waals surface area contributed by atoms with Crippen LogP contribution in [0.3, 0.4) is 0 Å². The van der Waals surface area contributed by atoms with Crippen LogP contribution in [0.2, 0.25) is 0 Å². The quantitative estimate of drug-likeness (QED) is 0.867. The Hall–Kier alpha value is -2.74. The lowest BCUT2D eigenvalue weighted by molar-refractivity contribution is -0.139. The average Bonchev–Trinajstić information content (AvgIpc) is 2.92. The minimum atomic E-state index is -3.95. The molecule has 0 saturated carbocycles. The predicted molar refractivity (Wildman–Crippen MR) is 98.0 cm³/mol. The molecule has 2 aliphatic heterocycles. The van der Waals surface area contributed by atoms with Gasteiger partial charge in [-0.2, -0.15) is 0 Å². The molecule has 2 aromatic carbocycles. The number of rotatable bonds is 3. The molecule has 1 unspecified atom stereocenters. The third kappa shape index (κ3) is 2.99. The molecule has 0 amide bonds. The average molecular weight is 389 g/mol. The summed E-state index contributed by atoms with van der Waals surface area (Å²) in [4.78, 5) is 11.6. The standard InChI is InChI=1S/C19H19NO6S/c21-19(22)14-9-10-20(15-6-2-1-5-13(14)15)27(23,24)17-8-3-7-16-18(17)26-12-4-11-25-16/h1-3,5-8,14H,4,9-12H2,(H,21,22). The first kappa shape index (κ1) is 17.7. The van der Waals surface area contributed by atoms with Crippen molar-refractivity contribution in [3.63, 3.8) is 0 Å². The molecule has 7 nitrogen and oxygen atoms in total. The van der Waals surface area contributed by atoms with Crippen molar-refractivity contribution in [1.82, 2.24) is 0 Å². The first-order valence-electron chi connectivity index (χ1n) is 8.73. The van der Waals surface area contributed by atoms with Crippen molar-refractivity contribution in [3.8, 4) is 11.5 Å². The van der Waals surface area contributed by atoms with E-state index in [2.05, 4.69) is 0 Å². The van der Waals surface area contributed by atoms with Gasteiger partial charge in [-0.05, 0) is 30.2 Å². The second-order valence-corrected chi connectivity index (χ2v) is 8.28. The van der Waals surface area contributed by atoms with Crippen LogP contribution in [0, 0.1) is 0 Å². The molecule has 0 spiro atoms. The van der Waals surface area contributed by atoms with Crippen molar-refractivity contribution in [2.45, 2.75) is 23.7 Å². The number of sulfonamides is 1. The van der Waals surface area contributed by atoms with Gasteiger partial charge < -0.3 is 14.6 Å². The summed E-state index contributed by atoms with van der Waals surface area (Å²) in [5.74, 6) is -1.06. The van der Waals surface area contributed by atoms with Gasteiger partial charge in [0.1, 0.15) is 4.90 Å². The number of nitrogens with zero attached hydrogens (tertiary/aromatic N) is 1. The fourth-order valence-corrected chi connectivity index (χ4v) is 5.18. The minimum absolute atomic E-state index is 0.0329. The summed E-state index contributed by atoms with van der Waals surface area (Å²) < 4.78 is 39.5. The van der Waals surface area contributed by atoms with Crippen molar-refractivity contribution in [2.24, 2.45) is 0 Å². The van der Waals surface area contributed by atoms with Gasteiger partial charge in [0, 0.05) is 13.0 Å². The molecule has 0 aromatic heterocycles. The van der Waals surface area contributed by atoms with E-state index in [1.54, 1.807) is 36.4 Å². The van der Waals surface area contributed by atoms with Crippen LogP contribution in [0.4, 0.5) is 5.69 Å². The number of hydrogen-bond donors (Lipinski definition) is 1. The van der Waals surface area contributed by atoms with Crippen LogP contribution >= 0.6 is 0 Å². The molecule has 2 heterocycles. The zero-order valence-electron chi connectivity index (χ0n) is 14.5. The topological polar surface area (TPSA) is 93.1 Å². The second kappa shape index (κ2) is 6.77. The summed E-state index contributed by atoms with van der Waals surface area (Å²) >= 11 is 0. The summed E-state index contributed by atoms with van der Waals surface area (Å²) in [6.07, 6.45) is 0.874. The van der Waals surface area contributed by atoms with Gasteiger partial charge >= 0.3 is 5.97 Å². The number of carbonyl (C=O) groups is 1. The zero-order valence-corrected chi connectivity index (χ0v) is 15.3. The summed E-state index contributed by atoms with van der Waals surface area (Å²) in [7, 11) is -3.95. The number of anilines is 1. The summed E-state index contributed by atoms with van der Waals surface area (Å²) in [6, 6.07) is 11.5. The molecule has 142 valence electrons. The zero-order chi connectivity index (χ0) is 19.0. The molecule has 27 heavy (non-hydrogen) atoms. The maximum Gasteiger partial charge on any atom is 0.311 e. The Balaban J connectivity index is 1.82. The van der Waals surface area contributed by atoms with E-state index < -0.39 is 21.9 Å². The molecule has 1 atom stereocenters. The lowest BCUT2D eigenvalue weighted by Gasteiger charge is -2.33. The maximum absolute atomic E-state index is 13.5. The molecule has 0 saturated heterocycles. The molecular formula is C19H19NO6S. The highest BCUT2D eigenvalue weighted by atomic mass is 32.2. The Morgan fingerprint density at radius 1 is 1.07 bits per heavy atom. The highest BCUT2D eigenvalue weighted by Gasteiger charge is 2.37.